The SMILES string of the molecule is CC[C@H](O)CN(N)Cc1ccc(C#N)cc1. The largest absolute Gasteiger partial charge is 0.392 e. The maximum Gasteiger partial charge on any atom is 0.0991 e. The van der Waals surface area contributed by atoms with Crippen molar-refractivity contribution in [3.63, 3.8) is 0 Å². The zero-order valence-electron chi connectivity index (χ0n) is 9.43. The number of nitriles is 1. The molecule has 0 bridgehead atoms. The van der Waals surface area contributed by atoms with Gasteiger partial charge in [0.15, 0.2) is 0 Å². The Labute approximate surface area is 95.9 Å². The molecule has 4 heteroatoms. The van der Waals surface area contributed by atoms with Crippen molar-refractivity contribution < 1.29 is 5.11 Å². The van der Waals surface area contributed by atoms with Crippen molar-refractivity contribution >= 4 is 0 Å². The molecule has 3 N–H and O–H groups in total. The van der Waals surface area contributed by atoms with Crippen molar-refractivity contribution in [1.82, 2.24) is 5.01 Å². The van der Waals surface area contributed by atoms with Crippen LogP contribution in [-0.2, 0) is 6.54 Å². The van der Waals surface area contributed by atoms with Crippen LogP contribution in [0.2, 0.25) is 0 Å². The summed E-state index contributed by atoms with van der Waals surface area (Å²) < 4.78 is 0. The summed E-state index contributed by atoms with van der Waals surface area (Å²) in [4.78, 5) is 0. The molecule has 0 spiro atoms. The van der Waals surface area contributed by atoms with Crippen molar-refractivity contribution in [2.75, 3.05) is 6.54 Å². The van der Waals surface area contributed by atoms with Crippen LogP contribution < -0.4 is 5.84 Å². The monoisotopic (exact) mass is 219 g/mol. The summed E-state index contributed by atoms with van der Waals surface area (Å²) in [6.07, 6.45) is 0.310. The summed E-state index contributed by atoms with van der Waals surface area (Å²) in [6, 6.07) is 9.33. The number of aliphatic hydroxyl groups is 1. The van der Waals surface area contributed by atoms with Gasteiger partial charge in [0.05, 0.1) is 17.7 Å². The summed E-state index contributed by atoms with van der Waals surface area (Å²) in [6.45, 7) is 2.94. The Balaban J connectivity index is 2.50. The van der Waals surface area contributed by atoms with Crippen LogP contribution in [0.5, 0.6) is 0 Å². The summed E-state index contributed by atoms with van der Waals surface area (Å²) in [7, 11) is 0. The van der Waals surface area contributed by atoms with Crippen LogP contribution in [0, 0.1) is 11.3 Å². The smallest absolute Gasteiger partial charge is 0.0991 e. The zero-order chi connectivity index (χ0) is 12.0. The first kappa shape index (κ1) is 12.7. The van der Waals surface area contributed by atoms with Gasteiger partial charge in [-0.25, -0.2) is 5.01 Å². The van der Waals surface area contributed by atoms with Gasteiger partial charge < -0.3 is 5.11 Å². The van der Waals surface area contributed by atoms with Crippen LogP contribution in [-0.4, -0.2) is 22.8 Å². The highest BCUT2D eigenvalue weighted by Crippen LogP contribution is 2.05. The lowest BCUT2D eigenvalue weighted by molar-refractivity contribution is 0.106. The number of nitrogens with two attached hydrogens (primary N) is 1. The molecule has 0 fully saturated rings. The third-order valence-corrected chi connectivity index (χ3v) is 2.39. The molecule has 1 atom stereocenters. The van der Waals surface area contributed by atoms with E-state index < -0.39 is 0 Å². The van der Waals surface area contributed by atoms with Crippen molar-refractivity contribution in [1.29, 1.82) is 5.26 Å². The van der Waals surface area contributed by atoms with Gasteiger partial charge >= 0.3 is 0 Å². The molecule has 1 aromatic rings. The second-order valence-electron chi connectivity index (χ2n) is 3.80. The van der Waals surface area contributed by atoms with E-state index in [1.807, 2.05) is 19.1 Å². The summed E-state index contributed by atoms with van der Waals surface area (Å²) in [5, 5.41) is 19.6. The Morgan fingerprint density at radius 3 is 2.56 bits per heavy atom. The fraction of sp³-hybridized carbons (Fsp3) is 0.417. The van der Waals surface area contributed by atoms with Crippen LogP contribution in [0.3, 0.4) is 0 Å². The molecule has 0 aromatic heterocycles. The molecule has 4 nitrogen and oxygen atoms in total. The van der Waals surface area contributed by atoms with Gasteiger partial charge in [0, 0.05) is 13.1 Å². The second kappa shape index (κ2) is 6.23. The molecular weight excluding hydrogens is 202 g/mol. The molecular formula is C12H17N3O. The number of aliphatic hydroxyl groups excluding tert-OH is 1. The first-order valence-electron chi connectivity index (χ1n) is 5.32. The van der Waals surface area contributed by atoms with E-state index >= 15 is 0 Å². The first-order valence-corrected chi connectivity index (χ1v) is 5.32. The molecule has 0 aliphatic heterocycles. The summed E-state index contributed by atoms with van der Waals surface area (Å²) in [5.74, 6) is 5.76. The van der Waals surface area contributed by atoms with Crippen molar-refractivity contribution in [3.05, 3.63) is 35.4 Å². The van der Waals surface area contributed by atoms with E-state index in [4.69, 9.17) is 11.1 Å². The average Bonchev–Trinajstić information content (AvgIpc) is 2.29. The van der Waals surface area contributed by atoms with E-state index in [2.05, 4.69) is 6.07 Å². The summed E-state index contributed by atoms with van der Waals surface area (Å²) in [5.41, 5.74) is 1.67. The van der Waals surface area contributed by atoms with Gasteiger partial charge in [-0.3, -0.25) is 5.84 Å². The molecule has 0 heterocycles. The lowest BCUT2D eigenvalue weighted by Gasteiger charge is -2.19. The predicted molar refractivity (Wildman–Crippen MR) is 62.1 cm³/mol. The van der Waals surface area contributed by atoms with Gasteiger partial charge in [0.1, 0.15) is 0 Å². The van der Waals surface area contributed by atoms with E-state index in [9.17, 15) is 5.11 Å². The molecule has 0 aliphatic rings. The third kappa shape index (κ3) is 3.99. The minimum atomic E-state index is -0.386. The van der Waals surface area contributed by atoms with Gasteiger partial charge in [0.25, 0.3) is 0 Å². The number of hydrogen-bond acceptors (Lipinski definition) is 4. The Hall–Kier alpha value is -1.41. The second-order valence-corrected chi connectivity index (χ2v) is 3.80. The highest BCUT2D eigenvalue weighted by molar-refractivity contribution is 5.31. The van der Waals surface area contributed by atoms with Crippen LogP contribution in [0.1, 0.15) is 24.5 Å². The Morgan fingerprint density at radius 1 is 1.44 bits per heavy atom. The van der Waals surface area contributed by atoms with Gasteiger partial charge in [-0.1, -0.05) is 19.1 Å². The maximum absolute atomic E-state index is 9.42. The normalized spacial score (nSPS) is 12.4. The number of rotatable bonds is 5. The molecule has 1 aromatic carbocycles. The van der Waals surface area contributed by atoms with Crippen LogP contribution >= 0.6 is 0 Å². The number of hydrogen-bond donors (Lipinski definition) is 2. The van der Waals surface area contributed by atoms with Crippen molar-refractivity contribution in [2.45, 2.75) is 26.0 Å². The number of benzene rings is 1. The third-order valence-electron chi connectivity index (χ3n) is 2.39. The first-order chi connectivity index (χ1) is 7.65. The van der Waals surface area contributed by atoms with E-state index in [1.165, 1.54) is 0 Å². The predicted octanol–water partition coefficient (Wildman–Crippen LogP) is 1.00. The zero-order valence-corrected chi connectivity index (χ0v) is 9.43. The Bertz CT molecular complexity index is 356. The molecule has 86 valence electrons. The van der Waals surface area contributed by atoms with Crippen molar-refractivity contribution in [2.24, 2.45) is 5.84 Å². The van der Waals surface area contributed by atoms with Crippen LogP contribution in [0.4, 0.5) is 0 Å². The minimum Gasteiger partial charge on any atom is -0.392 e. The highest BCUT2D eigenvalue weighted by atomic mass is 16.3. The summed E-state index contributed by atoms with van der Waals surface area (Å²) >= 11 is 0. The van der Waals surface area contributed by atoms with Crippen LogP contribution in [0.15, 0.2) is 24.3 Å². The van der Waals surface area contributed by atoms with Gasteiger partial charge in [-0.2, -0.15) is 5.26 Å². The molecule has 1 rings (SSSR count). The minimum absolute atomic E-state index is 0.386. The standard InChI is InChI=1S/C12H17N3O/c1-2-12(16)9-15(14)8-11-5-3-10(7-13)4-6-11/h3-6,12,16H,2,8-9,14H2,1H3/t12-/m0/s1. The Kier molecular flexibility index (Phi) is 4.93. The molecule has 0 saturated heterocycles. The van der Waals surface area contributed by atoms with E-state index in [-0.39, 0.29) is 6.10 Å². The quantitative estimate of drug-likeness (QED) is 0.572. The highest BCUT2D eigenvalue weighted by Gasteiger charge is 2.06. The average molecular weight is 219 g/mol. The lowest BCUT2D eigenvalue weighted by Crippen LogP contribution is -2.37. The maximum atomic E-state index is 9.42. The fourth-order valence-corrected chi connectivity index (χ4v) is 1.38. The van der Waals surface area contributed by atoms with E-state index in [0.29, 0.717) is 25.1 Å². The lowest BCUT2D eigenvalue weighted by atomic mass is 10.1. The van der Waals surface area contributed by atoms with Crippen molar-refractivity contribution in [3.8, 4) is 6.07 Å². The van der Waals surface area contributed by atoms with E-state index in [1.54, 1.807) is 17.1 Å². The molecule has 0 aliphatic carbocycles. The number of hydrazine groups is 1. The van der Waals surface area contributed by atoms with Crippen LogP contribution in [0.25, 0.3) is 0 Å². The van der Waals surface area contributed by atoms with Gasteiger partial charge in [0.2, 0.25) is 0 Å². The topological polar surface area (TPSA) is 73.3 Å². The molecule has 0 saturated carbocycles. The number of nitrogens with zero attached hydrogens (tertiary/aromatic N) is 2. The molecule has 0 amide bonds. The molecule has 0 radical (unpaired) electrons. The Morgan fingerprint density at radius 2 is 2.06 bits per heavy atom. The van der Waals surface area contributed by atoms with E-state index in [0.717, 1.165) is 5.56 Å². The fourth-order valence-electron chi connectivity index (χ4n) is 1.38. The van der Waals surface area contributed by atoms with Gasteiger partial charge in [-0.15, -0.1) is 0 Å². The molecule has 16 heavy (non-hydrogen) atoms. The van der Waals surface area contributed by atoms with Gasteiger partial charge in [-0.05, 0) is 24.1 Å². The molecule has 0 unspecified atom stereocenters.